The second kappa shape index (κ2) is 5.57. The Labute approximate surface area is 100 Å². The molecule has 2 unspecified atom stereocenters. The maximum absolute atomic E-state index is 11.7. The molecule has 1 aliphatic rings. The molecule has 0 bridgehead atoms. The quantitative estimate of drug-likeness (QED) is 0.770. The van der Waals surface area contributed by atoms with Crippen molar-refractivity contribution in [2.45, 2.75) is 38.6 Å². The largest absolute Gasteiger partial charge is 0.479 e. The maximum atomic E-state index is 11.7. The van der Waals surface area contributed by atoms with Gasteiger partial charge in [-0.3, -0.25) is 4.79 Å². The zero-order valence-electron chi connectivity index (χ0n) is 9.78. The van der Waals surface area contributed by atoms with Gasteiger partial charge in [0.15, 0.2) is 0 Å². The molecule has 0 spiro atoms. The van der Waals surface area contributed by atoms with Crippen LogP contribution < -0.4 is 5.32 Å². The summed E-state index contributed by atoms with van der Waals surface area (Å²) in [4.78, 5) is 22.9. The Morgan fingerprint density at radius 1 is 1.56 bits per heavy atom. The first-order valence-corrected chi connectivity index (χ1v) is 6.78. The molecule has 1 rings (SSSR count). The van der Waals surface area contributed by atoms with Crippen LogP contribution in [0.3, 0.4) is 0 Å². The van der Waals surface area contributed by atoms with Crippen molar-refractivity contribution in [1.82, 2.24) is 5.32 Å². The van der Waals surface area contributed by atoms with Gasteiger partial charge in [0.05, 0.1) is 0 Å². The number of hydrogen-bond acceptors (Lipinski definition) is 3. The number of carbonyl (C=O) groups excluding carboxylic acids is 1. The summed E-state index contributed by atoms with van der Waals surface area (Å²) in [6, 6.07) is 0. The van der Waals surface area contributed by atoms with Crippen molar-refractivity contribution in [2.75, 3.05) is 11.5 Å². The third-order valence-electron chi connectivity index (χ3n) is 3.04. The highest BCUT2D eigenvalue weighted by Crippen LogP contribution is 2.28. The molecule has 4 nitrogen and oxygen atoms in total. The van der Waals surface area contributed by atoms with E-state index in [0.717, 1.165) is 12.2 Å². The maximum Gasteiger partial charge on any atom is 0.330 e. The number of carboxylic acids is 1. The van der Waals surface area contributed by atoms with Gasteiger partial charge in [-0.2, -0.15) is 11.8 Å². The number of carboxylic acid groups (broad SMARTS) is 1. The second-order valence-electron chi connectivity index (χ2n) is 4.46. The fourth-order valence-corrected chi connectivity index (χ4v) is 2.99. The minimum absolute atomic E-state index is 0.140. The number of hydrogen-bond donors (Lipinski definition) is 2. The predicted octanol–water partition coefficient (Wildman–Crippen LogP) is 1.50. The normalized spacial score (nSPS) is 26.4. The minimum atomic E-state index is -1.02. The third-order valence-corrected chi connectivity index (χ3v) is 4.23. The Morgan fingerprint density at radius 2 is 2.25 bits per heavy atom. The molecule has 2 N–H and O–H groups in total. The molecule has 92 valence electrons. The van der Waals surface area contributed by atoms with Crippen LogP contribution >= 0.6 is 11.8 Å². The molecule has 0 radical (unpaired) electrons. The molecular formula is C11H19NO3S. The molecule has 1 heterocycles. The van der Waals surface area contributed by atoms with E-state index in [0.29, 0.717) is 24.5 Å². The molecule has 0 aromatic rings. The van der Waals surface area contributed by atoms with E-state index < -0.39 is 11.5 Å². The van der Waals surface area contributed by atoms with E-state index in [4.69, 9.17) is 0 Å². The van der Waals surface area contributed by atoms with Gasteiger partial charge in [-0.25, -0.2) is 4.79 Å². The smallest absolute Gasteiger partial charge is 0.330 e. The van der Waals surface area contributed by atoms with Crippen molar-refractivity contribution in [3.63, 3.8) is 0 Å². The Kier molecular flexibility index (Phi) is 4.65. The summed E-state index contributed by atoms with van der Waals surface area (Å²) in [5.74, 6) is 0.541. The number of carbonyl (C=O) groups is 2. The first-order chi connectivity index (χ1) is 7.50. The van der Waals surface area contributed by atoms with Crippen molar-refractivity contribution in [3.05, 3.63) is 0 Å². The molecule has 1 saturated heterocycles. The van der Waals surface area contributed by atoms with Gasteiger partial charge >= 0.3 is 5.97 Å². The second-order valence-corrected chi connectivity index (χ2v) is 5.56. The van der Waals surface area contributed by atoms with E-state index in [2.05, 4.69) is 5.32 Å². The molecule has 0 aromatic heterocycles. The topological polar surface area (TPSA) is 66.4 Å². The first kappa shape index (κ1) is 13.4. The molecule has 1 aliphatic heterocycles. The van der Waals surface area contributed by atoms with Crippen molar-refractivity contribution < 1.29 is 14.7 Å². The van der Waals surface area contributed by atoms with E-state index >= 15 is 0 Å². The predicted molar refractivity (Wildman–Crippen MR) is 64.5 cm³/mol. The summed E-state index contributed by atoms with van der Waals surface area (Å²) < 4.78 is 0. The fourth-order valence-electron chi connectivity index (χ4n) is 1.66. The van der Waals surface area contributed by atoms with Gasteiger partial charge in [-0.05, 0) is 18.1 Å². The van der Waals surface area contributed by atoms with Gasteiger partial charge in [0, 0.05) is 12.2 Å². The lowest BCUT2D eigenvalue weighted by Crippen LogP contribution is -2.55. The van der Waals surface area contributed by atoms with Crippen LogP contribution in [-0.2, 0) is 9.59 Å². The van der Waals surface area contributed by atoms with Crippen LogP contribution in [-0.4, -0.2) is 34.0 Å². The minimum Gasteiger partial charge on any atom is -0.479 e. The van der Waals surface area contributed by atoms with Crippen LogP contribution in [0.1, 0.15) is 33.1 Å². The monoisotopic (exact) mass is 245 g/mol. The Balaban J connectivity index is 2.56. The van der Waals surface area contributed by atoms with E-state index in [9.17, 15) is 14.7 Å². The molecule has 0 saturated carbocycles. The fraction of sp³-hybridized carbons (Fsp3) is 0.818. The summed E-state index contributed by atoms with van der Waals surface area (Å²) in [7, 11) is 0. The van der Waals surface area contributed by atoms with Crippen LogP contribution in [0.2, 0.25) is 0 Å². The van der Waals surface area contributed by atoms with Gasteiger partial charge in [0.25, 0.3) is 0 Å². The number of amides is 1. The zero-order chi connectivity index (χ0) is 12.2. The average Bonchev–Trinajstić information content (AvgIpc) is 2.67. The summed E-state index contributed by atoms with van der Waals surface area (Å²) in [5.41, 5.74) is -1.02. The van der Waals surface area contributed by atoms with Crippen LogP contribution in [0.15, 0.2) is 0 Å². The third kappa shape index (κ3) is 3.14. The summed E-state index contributed by atoms with van der Waals surface area (Å²) in [5, 5.41) is 11.9. The molecule has 16 heavy (non-hydrogen) atoms. The highest BCUT2D eigenvalue weighted by molar-refractivity contribution is 7.99. The van der Waals surface area contributed by atoms with E-state index in [-0.39, 0.29) is 5.91 Å². The van der Waals surface area contributed by atoms with E-state index in [1.807, 2.05) is 13.8 Å². The number of rotatable bonds is 5. The lowest BCUT2D eigenvalue weighted by atomic mass is 9.97. The molecule has 1 fully saturated rings. The van der Waals surface area contributed by atoms with Crippen molar-refractivity contribution in [3.8, 4) is 0 Å². The standard InChI is InChI=1S/C11H19NO3S/c1-3-8(2)6-9(13)12-11(10(14)15)4-5-16-7-11/h8H,3-7H2,1-2H3,(H,12,13)(H,14,15). The first-order valence-electron chi connectivity index (χ1n) is 5.62. The molecule has 1 amide bonds. The highest BCUT2D eigenvalue weighted by Gasteiger charge is 2.43. The SMILES string of the molecule is CCC(C)CC(=O)NC1(C(=O)O)CCSC1. The van der Waals surface area contributed by atoms with Gasteiger partial charge in [0.1, 0.15) is 5.54 Å². The molecule has 0 aliphatic carbocycles. The molecule has 5 heteroatoms. The molecule has 2 atom stereocenters. The van der Waals surface area contributed by atoms with Gasteiger partial charge in [-0.15, -0.1) is 0 Å². The average molecular weight is 245 g/mol. The Morgan fingerprint density at radius 3 is 2.69 bits per heavy atom. The van der Waals surface area contributed by atoms with Crippen LogP contribution in [0, 0.1) is 5.92 Å². The number of aliphatic carboxylic acids is 1. The van der Waals surface area contributed by atoms with Crippen molar-refractivity contribution >= 4 is 23.6 Å². The molecule has 0 aromatic carbocycles. The van der Waals surface area contributed by atoms with Gasteiger partial charge in [-0.1, -0.05) is 20.3 Å². The molecular weight excluding hydrogens is 226 g/mol. The summed E-state index contributed by atoms with van der Waals surface area (Å²) in [6.07, 6.45) is 1.87. The Bertz CT molecular complexity index is 274. The van der Waals surface area contributed by atoms with E-state index in [1.54, 1.807) is 11.8 Å². The van der Waals surface area contributed by atoms with Crippen molar-refractivity contribution in [1.29, 1.82) is 0 Å². The van der Waals surface area contributed by atoms with Crippen LogP contribution in [0.5, 0.6) is 0 Å². The zero-order valence-corrected chi connectivity index (χ0v) is 10.6. The van der Waals surface area contributed by atoms with E-state index in [1.165, 1.54) is 0 Å². The summed E-state index contributed by atoms with van der Waals surface area (Å²) >= 11 is 1.58. The number of nitrogens with one attached hydrogen (secondary N) is 1. The van der Waals surface area contributed by atoms with Gasteiger partial charge in [0.2, 0.25) is 5.91 Å². The lowest BCUT2D eigenvalue weighted by Gasteiger charge is -2.25. The lowest BCUT2D eigenvalue weighted by molar-refractivity contribution is -0.146. The van der Waals surface area contributed by atoms with Gasteiger partial charge < -0.3 is 10.4 Å². The summed E-state index contributed by atoms with van der Waals surface area (Å²) in [6.45, 7) is 4.02. The van der Waals surface area contributed by atoms with Crippen molar-refractivity contribution in [2.24, 2.45) is 5.92 Å². The van der Waals surface area contributed by atoms with Crippen LogP contribution in [0.4, 0.5) is 0 Å². The van der Waals surface area contributed by atoms with Crippen LogP contribution in [0.25, 0.3) is 0 Å². The highest BCUT2D eigenvalue weighted by atomic mass is 32.2. The number of thioether (sulfide) groups is 1. The Hall–Kier alpha value is -0.710.